The molecular weight excluding hydrogens is 412 g/mol. The van der Waals surface area contributed by atoms with Crippen LogP contribution in [0.3, 0.4) is 0 Å². The molecule has 1 aliphatic rings. The second-order valence-corrected chi connectivity index (χ2v) is 8.06. The number of benzene rings is 1. The van der Waals surface area contributed by atoms with Crippen molar-refractivity contribution in [2.45, 2.75) is 12.1 Å². The number of aromatic carboxylic acids is 1. The summed E-state index contributed by atoms with van der Waals surface area (Å²) < 4.78 is 6.24. The van der Waals surface area contributed by atoms with Gasteiger partial charge < -0.3 is 24.6 Å². The van der Waals surface area contributed by atoms with Crippen molar-refractivity contribution in [2.75, 3.05) is 27.2 Å². The van der Waals surface area contributed by atoms with E-state index in [2.05, 4.69) is 20.1 Å². The van der Waals surface area contributed by atoms with E-state index in [1.54, 1.807) is 30.5 Å². The number of carboxylic acids is 1. The zero-order valence-electron chi connectivity index (χ0n) is 17.4. The number of hydrogen-bond donors (Lipinski definition) is 2. The number of rotatable bonds is 7. The maximum atomic E-state index is 11.6. The summed E-state index contributed by atoms with van der Waals surface area (Å²) in [6.07, 6.45) is 1.76. The zero-order chi connectivity index (χ0) is 22.0. The lowest BCUT2D eigenvalue weighted by molar-refractivity contribution is 0.0697. The van der Waals surface area contributed by atoms with Gasteiger partial charge >= 0.3 is 5.97 Å². The van der Waals surface area contributed by atoms with E-state index < -0.39 is 5.97 Å². The molecule has 1 fully saturated rings. The van der Waals surface area contributed by atoms with Crippen molar-refractivity contribution in [3.63, 3.8) is 0 Å². The van der Waals surface area contributed by atoms with Crippen LogP contribution in [0.1, 0.15) is 33.9 Å². The van der Waals surface area contributed by atoms with Gasteiger partial charge in [0.1, 0.15) is 17.6 Å². The number of nitrogens with zero attached hydrogens (tertiary/aromatic N) is 3. The maximum Gasteiger partial charge on any atom is 0.336 e. The highest BCUT2D eigenvalue weighted by Gasteiger charge is 2.41. The van der Waals surface area contributed by atoms with Gasteiger partial charge in [-0.2, -0.15) is 0 Å². The lowest BCUT2D eigenvalue weighted by atomic mass is 10.0. The number of likely N-dealkylation sites (N-methyl/N-ethyl adjacent to an activating group) is 1. The number of carboxylic acid groups (broad SMARTS) is 1. The highest BCUT2D eigenvalue weighted by molar-refractivity contribution is 7.80. The molecule has 2 N–H and O–H groups in total. The molecule has 31 heavy (non-hydrogen) atoms. The number of nitrogens with one attached hydrogen (secondary N) is 1. The van der Waals surface area contributed by atoms with Crippen molar-refractivity contribution in [1.29, 1.82) is 0 Å². The number of thiocarbonyl (C=S) groups is 1. The monoisotopic (exact) mass is 436 g/mol. The van der Waals surface area contributed by atoms with E-state index in [0.717, 1.165) is 12.2 Å². The quantitative estimate of drug-likeness (QED) is 0.544. The van der Waals surface area contributed by atoms with Gasteiger partial charge in [0.2, 0.25) is 0 Å². The normalized spacial score (nSPS) is 18.4. The first-order valence-electron chi connectivity index (χ1n) is 10.0. The van der Waals surface area contributed by atoms with E-state index in [1.165, 1.54) is 0 Å². The standard InChI is InChI=1S/C23H24N4O3S/c1-26(2)13-14-27-21(20(25-23(27)31)17-9-5-6-12-24-17)19-11-10-18(30-19)15-7-3-4-8-16(15)22(28)29/h3-12,20-21H,13-14H2,1-2H3,(H,25,31)(H,28,29)/t20-,21+/m0/s1. The third-order valence-electron chi connectivity index (χ3n) is 5.33. The van der Waals surface area contributed by atoms with Gasteiger partial charge in [-0.15, -0.1) is 0 Å². The third-order valence-corrected chi connectivity index (χ3v) is 5.68. The van der Waals surface area contributed by atoms with Gasteiger partial charge in [-0.05, 0) is 56.6 Å². The van der Waals surface area contributed by atoms with Crippen molar-refractivity contribution >= 4 is 23.3 Å². The van der Waals surface area contributed by atoms with Crippen molar-refractivity contribution < 1.29 is 14.3 Å². The Labute approximate surface area is 186 Å². The number of furan rings is 1. The van der Waals surface area contributed by atoms with Crippen molar-refractivity contribution in [2.24, 2.45) is 0 Å². The van der Waals surface area contributed by atoms with Crippen LogP contribution in [0.25, 0.3) is 11.3 Å². The van der Waals surface area contributed by atoms with Gasteiger partial charge in [-0.3, -0.25) is 4.98 Å². The summed E-state index contributed by atoms with van der Waals surface area (Å²) >= 11 is 5.65. The van der Waals surface area contributed by atoms with Gasteiger partial charge in [-0.25, -0.2) is 4.79 Å². The van der Waals surface area contributed by atoms with Gasteiger partial charge in [0.15, 0.2) is 5.11 Å². The Bertz CT molecular complexity index is 1080. The predicted octanol–water partition coefficient (Wildman–Crippen LogP) is 3.57. The molecular formula is C23H24N4O3S. The van der Waals surface area contributed by atoms with Crippen LogP contribution in [0.5, 0.6) is 0 Å². The minimum Gasteiger partial charge on any atom is -0.478 e. The van der Waals surface area contributed by atoms with Crippen molar-refractivity contribution in [1.82, 2.24) is 20.1 Å². The predicted molar refractivity (Wildman–Crippen MR) is 122 cm³/mol. The molecule has 0 aliphatic carbocycles. The van der Waals surface area contributed by atoms with Crippen LogP contribution in [0, 0.1) is 0 Å². The van der Waals surface area contributed by atoms with Crippen LogP contribution in [-0.4, -0.2) is 58.2 Å². The number of carbonyl (C=O) groups is 1. The fraction of sp³-hybridized carbons (Fsp3) is 0.261. The molecule has 4 rings (SSSR count). The summed E-state index contributed by atoms with van der Waals surface area (Å²) in [7, 11) is 4.04. The third kappa shape index (κ3) is 4.30. The lowest BCUT2D eigenvalue weighted by Crippen LogP contribution is -2.35. The van der Waals surface area contributed by atoms with Crippen LogP contribution >= 0.6 is 12.2 Å². The molecule has 0 saturated carbocycles. The second kappa shape index (κ2) is 8.87. The fourth-order valence-electron chi connectivity index (χ4n) is 3.80. The number of hydrogen-bond acceptors (Lipinski definition) is 5. The average Bonchev–Trinajstić information content (AvgIpc) is 3.37. The minimum absolute atomic E-state index is 0.176. The van der Waals surface area contributed by atoms with Gasteiger partial charge in [-0.1, -0.05) is 24.3 Å². The first-order chi connectivity index (χ1) is 15.0. The molecule has 3 aromatic rings. The van der Waals surface area contributed by atoms with Crippen LogP contribution in [-0.2, 0) is 0 Å². The summed E-state index contributed by atoms with van der Waals surface area (Å²) in [6, 6.07) is 16.0. The second-order valence-electron chi connectivity index (χ2n) is 7.68. The largest absolute Gasteiger partial charge is 0.478 e. The molecule has 7 nitrogen and oxygen atoms in total. The number of aromatic nitrogens is 1. The van der Waals surface area contributed by atoms with Crippen LogP contribution < -0.4 is 5.32 Å². The van der Waals surface area contributed by atoms with Crippen molar-refractivity contribution in [3.05, 3.63) is 77.8 Å². The van der Waals surface area contributed by atoms with Crippen molar-refractivity contribution in [3.8, 4) is 11.3 Å². The van der Waals surface area contributed by atoms with E-state index in [9.17, 15) is 9.90 Å². The molecule has 1 aliphatic heterocycles. The molecule has 0 spiro atoms. The summed E-state index contributed by atoms with van der Waals surface area (Å²) in [4.78, 5) is 20.4. The van der Waals surface area contributed by atoms with Gasteiger partial charge in [0.05, 0.1) is 17.3 Å². The zero-order valence-corrected chi connectivity index (χ0v) is 18.2. The molecule has 1 saturated heterocycles. The van der Waals surface area contributed by atoms with E-state index in [-0.39, 0.29) is 17.6 Å². The van der Waals surface area contributed by atoms with E-state index in [0.29, 0.717) is 28.7 Å². The SMILES string of the molecule is CN(C)CCN1C(=S)N[C@@H](c2ccccn2)[C@H]1c1ccc(-c2ccccc2C(=O)O)o1. The fourth-order valence-corrected chi connectivity index (χ4v) is 4.14. The Balaban J connectivity index is 1.73. The summed E-state index contributed by atoms with van der Waals surface area (Å²) in [5.41, 5.74) is 1.62. The highest BCUT2D eigenvalue weighted by atomic mass is 32.1. The van der Waals surface area contributed by atoms with E-state index >= 15 is 0 Å². The minimum atomic E-state index is -0.990. The topological polar surface area (TPSA) is 81.8 Å². The summed E-state index contributed by atoms with van der Waals surface area (Å²) in [5, 5.41) is 13.6. The molecule has 8 heteroatoms. The molecule has 1 aromatic carbocycles. The molecule has 0 amide bonds. The molecule has 3 heterocycles. The van der Waals surface area contributed by atoms with Crippen LogP contribution in [0.4, 0.5) is 0 Å². The Kier molecular flexibility index (Phi) is 6.01. The lowest BCUT2D eigenvalue weighted by Gasteiger charge is -2.27. The maximum absolute atomic E-state index is 11.6. The van der Waals surface area contributed by atoms with E-state index in [1.807, 2.05) is 44.4 Å². The first-order valence-corrected chi connectivity index (χ1v) is 10.4. The Morgan fingerprint density at radius 1 is 1.19 bits per heavy atom. The molecule has 0 bridgehead atoms. The summed E-state index contributed by atoms with van der Waals surface area (Å²) in [6.45, 7) is 1.54. The molecule has 2 atom stereocenters. The molecule has 160 valence electrons. The number of pyridine rings is 1. The van der Waals surface area contributed by atoms with Crippen LogP contribution in [0.2, 0.25) is 0 Å². The average molecular weight is 437 g/mol. The van der Waals surface area contributed by atoms with Crippen LogP contribution in [0.15, 0.2) is 65.2 Å². The first kappa shape index (κ1) is 21.0. The Hall–Kier alpha value is -3.23. The molecule has 2 aromatic heterocycles. The van der Waals surface area contributed by atoms with E-state index in [4.69, 9.17) is 16.6 Å². The smallest absolute Gasteiger partial charge is 0.336 e. The van der Waals surface area contributed by atoms with Gasteiger partial charge in [0.25, 0.3) is 0 Å². The highest BCUT2D eigenvalue weighted by Crippen LogP contribution is 2.40. The molecule has 0 radical (unpaired) electrons. The summed E-state index contributed by atoms with van der Waals surface area (Å²) in [5.74, 6) is 0.228. The molecule has 0 unspecified atom stereocenters. The van der Waals surface area contributed by atoms with Gasteiger partial charge in [0, 0.05) is 24.8 Å². The Morgan fingerprint density at radius 3 is 2.68 bits per heavy atom. The Morgan fingerprint density at radius 2 is 1.97 bits per heavy atom.